The molecule has 20 heavy (non-hydrogen) atoms. The predicted molar refractivity (Wildman–Crippen MR) is 77.8 cm³/mol. The van der Waals surface area contributed by atoms with Gasteiger partial charge in [-0.05, 0) is 11.8 Å². The second kappa shape index (κ2) is 5.09. The fourth-order valence-electron chi connectivity index (χ4n) is 2.66. The van der Waals surface area contributed by atoms with Gasteiger partial charge in [-0.3, -0.25) is 4.79 Å². The molecule has 1 saturated heterocycles. The van der Waals surface area contributed by atoms with Crippen molar-refractivity contribution < 1.29 is 9.90 Å². The van der Waals surface area contributed by atoms with Gasteiger partial charge in [0.1, 0.15) is 5.82 Å². The maximum Gasteiger partial charge on any atom is 0.256 e. The summed E-state index contributed by atoms with van der Waals surface area (Å²) in [5.41, 5.74) is 0.591. The highest BCUT2D eigenvalue weighted by Crippen LogP contribution is 2.26. The van der Waals surface area contributed by atoms with E-state index in [-0.39, 0.29) is 5.91 Å². The molecule has 0 spiro atoms. The van der Waals surface area contributed by atoms with Crippen molar-refractivity contribution >= 4 is 22.5 Å². The van der Waals surface area contributed by atoms with E-state index < -0.39 is 6.10 Å². The van der Waals surface area contributed by atoms with Gasteiger partial charge in [-0.25, -0.2) is 4.98 Å². The topological polar surface area (TPSA) is 65.5 Å². The van der Waals surface area contributed by atoms with Crippen LogP contribution in [0.15, 0.2) is 30.5 Å². The van der Waals surface area contributed by atoms with Crippen LogP contribution in [-0.2, 0) is 0 Å². The first-order valence-electron chi connectivity index (χ1n) is 6.73. The molecule has 5 heteroatoms. The number of anilines is 1. The number of aliphatic hydroxyl groups is 1. The van der Waals surface area contributed by atoms with Gasteiger partial charge in [0.25, 0.3) is 5.91 Å². The lowest BCUT2D eigenvalue weighted by molar-refractivity contribution is 0.0766. The number of hydrogen-bond donors (Lipinski definition) is 2. The zero-order valence-electron chi connectivity index (χ0n) is 11.3. The molecule has 1 aromatic carbocycles. The molecule has 1 amide bonds. The Hall–Kier alpha value is -2.14. The predicted octanol–water partition coefficient (Wildman–Crippen LogP) is 1.48. The molecule has 2 aromatic rings. The minimum absolute atomic E-state index is 0.0621. The van der Waals surface area contributed by atoms with E-state index in [4.69, 9.17) is 0 Å². The highest BCUT2D eigenvalue weighted by atomic mass is 16.3. The van der Waals surface area contributed by atoms with Crippen LogP contribution in [0.3, 0.4) is 0 Å². The lowest BCUT2D eigenvalue weighted by Crippen LogP contribution is -2.29. The third kappa shape index (κ3) is 2.10. The molecule has 0 aliphatic carbocycles. The number of pyridine rings is 1. The largest absolute Gasteiger partial charge is 0.391 e. The summed E-state index contributed by atoms with van der Waals surface area (Å²) in [6, 6.07) is 7.72. The molecular formula is C15H17N3O2. The highest BCUT2D eigenvalue weighted by Gasteiger charge is 2.26. The maximum atomic E-state index is 12.6. The van der Waals surface area contributed by atoms with Gasteiger partial charge in [0.2, 0.25) is 0 Å². The lowest BCUT2D eigenvalue weighted by atomic mass is 10.1. The van der Waals surface area contributed by atoms with E-state index >= 15 is 0 Å². The average molecular weight is 271 g/mol. The standard InChI is InChI=1S/C15H17N3O2/c1-16-14-12-5-3-2-4-11(12)13(8-17-14)15(20)18-7-6-10(19)9-18/h2-5,8,10,19H,6-7,9H2,1H3,(H,16,17). The van der Waals surface area contributed by atoms with E-state index in [1.54, 1.807) is 11.1 Å². The minimum atomic E-state index is -0.408. The summed E-state index contributed by atoms with van der Waals surface area (Å²) < 4.78 is 0. The molecule has 2 heterocycles. The maximum absolute atomic E-state index is 12.6. The van der Waals surface area contributed by atoms with E-state index in [0.717, 1.165) is 16.6 Å². The van der Waals surface area contributed by atoms with Crippen LogP contribution in [0.1, 0.15) is 16.8 Å². The number of benzene rings is 1. The van der Waals surface area contributed by atoms with E-state index in [1.807, 2.05) is 31.3 Å². The number of fused-ring (bicyclic) bond motifs is 1. The number of aromatic nitrogens is 1. The third-order valence-corrected chi connectivity index (χ3v) is 3.71. The number of carbonyl (C=O) groups excluding carboxylic acids is 1. The second-order valence-corrected chi connectivity index (χ2v) is 5.01. The van der Waals surface area contributed by atoms with Gasteiger partial charge >= 0.3 is 0 Å². The number of likely N-dealkylation sites (tertiary alicyclic amines) is 1. The van der Waals surface area contributed by atoms with E-state index in [0.29, 0.717) is 25.1 Å². The van der Waals surface area contributed by atoms with Gasteiger partial charge in [-0.1, -0.05) is 24.3 Å². The van der Waals surface area contributed by atoms with Crippen LogP contribution < -0.4 is 5.32 Å². The molecule has 3 rings (SSSR count). The van der Waals surface area contributed by atoms with Gasteiger partial charge in [0.15, 0.2) is 0 Å². The smallest absolute Gasteiger partial charge is 0.256 e. The molecule has 1 fully saturated rings. The first-order valence-corrected chi connectivity index (χ1v) is 6.73. The number of aliphatic hydroxyl groups excluding tert-OH is 1. The molecule has 0 saturated carbocycles. The average Bonchev–Trinajstić information content (AvgIpc) is 2.92. The fourth-order valence-corrected chi connectivity index (χ4v) is 2.66. The summed E-state index contributed by atoms with van der Waals surface area (Å²) in [7, 11) is 1.81. The van der Waals surface area contributed by atoms with Gasteiger partial charge in [0, 0.05) is 31.7 Å². The molecule has 1 unspecified atom stereocenters. The van der Waals surface area contributed by atoms with E-state index in [2.05, 4.69) is 10.3 Å². The summed E-state index contributed by atoms with van der Waals surface area (Å²) in [5, 5.41) is 14.4. The van der Waals surface area contributed by atoms with Gasteiger partial charge in [0.05, 0.1) is 11.7 Å². The number of amides is 1. The summed E-state index contributed by atoms with van der Waals surface area (Å²) in [6.45, 7) is 1.00. The Morgan fingerprint density at radius 3 is 2.80 bits per heavy atom. The lowest BCUT2D eigenvalue weighted by Gasteiger charge is -2.17. The second-order valence-electron chi connectivity index (χ2n) is 5.01. The van der Waals surface area contributed by atoms with Crippen molar-refractivity contribution in [2.45, 2.75) is 12.5 Å². The van der Waals surface area contributed by atoms with Crippen LogP contribution in [0, 0.1) is 0 Å². The molecule has 5 nitrogen and oxygen atoms in total. The first-order chi connectivity index (χ1) is 9.70. The Morgan fingerprint density at radius 1 is 1.40 bits per heavy atom. The quantitative estimate of drug-likeness (QED) is 0.868. The normalized spacial score (nSPS) is 18.5. The van der Waals surface area contributed by atoms with Gasteiger partial charge < -0.3 is 15.3 Å². The van der Waals surface area contributed by atoms with Crippen LogP contribution in [0.2, 0.25) is 0 Å². The number of nitrogens with one attached hydrogen (secondary N) is 1. The highest BCUT2D eigenvalue weighted by molar-refractivity contribution is 6.09. The minimum Gasteiger partial charge on any atom is -0.391 e. The molecule has 0 bridgehead atoms. The Labute approximate surface area is 117 Å². The van der Waals surface area contributed by atoms with Crippen molar-refractivity contribution in [3.63, 3.8) is 0 Å². The zero-order valence-corrected chi connectivity index (χ0v) is 11.3. The van der Waals surface area contributed by atoms with Gasteiger partial charge in [-0.15, -0.1) is 0 Å². The summed E-state index contributed by atoms with van der Waals surface area (Å²) in [6.07, 6.45) is 1.85. The monoisotopic (exact) mass is 271 g/mol. The Bertz CT molecular complexity index is 657. The molecule has 1 aromatic heterocycles. The number of hydrogen-bond acceptors (Lipinski definition) is 4. The molecule has 1 aliphatic heterocycles. The van der Waals surface area contributed by atoms with E-state index in [1.165, 1.54) is 0 Å². The van der Waals surface area contributed by atoms with Crippen LogP contribution in [0.4, 0.5) is 5.82 Å². The molecule has 1 atom stereocenters. The van der Waals surface area contributed by atoms with Gasteiger partial charge in [-0.2, -0.15) is 0 Å². The van der Waals surface area contributed by atoms with E-state index in [9.17, 15) is 9.90 Å². The van der Waals surface area contributed by atoms with Crippen molar-refractivity contribution in [1.29, 1.82) is 0 Å². The summed E-state index contributed by atoms with van der Waals surface area (Å²) >= 11 is 0. The number of rotatable bonds is 2. The van der Waals surface area contributed by atoms with Crippen molar-refractivity contribution in [3.05, 3.63) is 36.0 Å². The van der Waals surface area contributed by atoms with Crippen molar-refractivity contribution in [2.75, 3.05) is 25.5 Å². The Kier molecular flexibility index (Phi) is 3.28. The van der Waals surface area contributed by atoms with Crippen molar-refractivity contribution in [2.24, 2.45) is 0 Å². The zero-order chi connectivity index (χ0) is 14.1. The molecule has 2 N–H and O–H groups in total. The fraction of sp³-hybridized carbons (Fsp3) is 0.333. The van der Waals surface area contributed by atoms with Crippen LogP contribution in [-0.4, -0.2) is 47.1 Å². The van der Waals surface area contributed by atoms with Crippen LogP contribution in [0.25, 0.3) is 10.8 Å². The molecular weight excluding hydrogens is 254 g/mol. The van der Waals surface area contributed by atoms with Crippen LogP contribution in [0.5, 0.6) is 0 Å². The third-order valence-electron chi connectivity index (χ3n) is 3.71. The Balaban J connectivity index is 2.06. The van der Waals surface area contributed by atoms with Crippen LogP contribution >= 0.6 is 0 Å². The SMILES string of the molecule is CNc1ncc(C(=O)N2CCC(O)C2)c2ccccc12. The molecule has 1 aliphatic rings. The first kappa shape index (κ1) is 12.9. The Morgan fingerprint density at radius 2 is 2.15 bits per heavy atom. The molecule has 0 radical (unpaired) electrons. The van der Waals surface area contributed by atoms with Crippen molar-refractivity contribution in [1.82, 2.24) is 9.88 Å². The van der Waals surface area contributed by atoms with Crippen molar-refractivity contribution in [3.8, 4) is 0 Å². The number of nitrogens with zero attached hydrogens (tertiary/aromatic N) is 2. The summed E-state index contributed by atoms with van der Waals surface area (Å²) in [4.78, 5) is 18.6. The summed E-state index contributed by atoms with van der Waals surface area (Å²) in [5.74, 6) is 0.700. The molecule has 104 valence electrons. The number of β-amino-alcohol motifs (C(OH)–C–C–N with tert-alkyl or cyclic N) is 1. The number of carbonyl (C=O) groups is 1.